The van der Waals surface area contributed by atoms with E-state index in [9.17, 15) is 0 Å². The first kappa shape index (κ1) is 14.6. The number of anilines is 1. The zero-order valence-electron chi connectivity index (χ0n) is 12.3. The molecular weight excluding hydrogens is 256 g/mol. The van der Waals surface area contributed by atoms with Gasteiger partial charge < -0.3 is 20.6 Å². The Morgan fingerprint density at radius 1 is 1.55 bits per heavy atom. The van der Waals surface area contributed by atoms with Crippen molar-refractivity contribution in [3.8, 4) is 0 Å². The van der Waals surface area contributed by atoms with Crippen molar-refractivity contribution in [2.24, 2.45) is 10.9 Å². The number of amidine groups is 1. The number of oxime groups is 1. The summed E-state index contributed by atoms with van der Waals surface area (Å²) in [6.45, 7) is 5.28. The lowest BCUT2D eigenvalue weighted by Gasteiger charge is -2.26. The molecule has 6 nitrogen and oxygen atoms in total. The van der Waals surface area contributed by atoms with E-state index >= 15 is 0 Å². The van der Waals surface area contributed by atoms with Gasteiger partial charge in [0, 0.05) is 25.4 Å². The summed E-state index contributed by atoms with van der Waals surface area (Å²) in [6.07, 6.45) is 2.29. The summed E-state index contributed by atoms with van der Waals surface area (Å²) in [5.74, 6) is 0.894. The second-order valence-corrected chi connectivity index (χ2v) is 5.18. The topological polar surface area (TPSA) is 84.0 Å². The molecule has 3 N–H and O–H groups in total. The highest BCUT2D eigenvalue weighted by Crippen LogP contribution is 2.33. The predicted octanol–water partition coefficient (Wildman–Crippen LogP) is 1.41. The van der Waals surface area contributed by atoms with Crippen molar-refractivity contribution >= 4 is 11.7 Å². The molecule has 20 heavy (non-hydrogen) atoms. The summed E-state index contributed by atoms with van der Waals surface area (Å²) in [5.41, 5.74) is 8.43. The summed E-state index contributed by atoms with van der Waals surface area (Å²) in [4.78, 5) is 6.82. The summed E-state index contributed by atoms with van der Waals surface area (Å²) in [5, 5.41) is 12.2. The first-order chi connectivity index (χ1) is 9.58. The van der Waals surface area contributed by atoms with Crippen LogP contribution in [0.2, 0.25) is 0 Å². The molecular formula is C14H22N4O2. The normalized spacial score (nSPS) is 15.4. The molecule has 0 aromatic carbocycles. The molecule has 0 unspecified atom stereocenters. The van der Waals surface area contributed by atoms with E-state index in [0.29, 0.717) is 18.2 Å². The molecule has 2 rings (SSSR count). The molecule has 1 aromatic rings. The van der Waals surface area contributed by atoms with Crippen molar-refractivity contribution in [2.45, 2.75) is 32.7 Å². The van der Waals surface area contributed by atoms with Crippen LogP contribution in [0.25, 0.3) is 0 Å². The van der Waals surface area contributed by atoms with Gasteiger partial charge in [-0.1, -0.05) is 5.16 Å². The molecule has 0 spiro atoms. The first-order valence-electron chi connectivity index (χ1n) is 6.80. The van der Waals surface area contributed by atoms with Crippen LogP contribution >= 0.6 is 0 Å². The van der Waals surface area contributed by atoms with Gasteiger partial charge in [-0.2, -0.15) is 0 Å². The number of methoxy groups -OCH3 is 1. The molecule has 1 aromatic heterocycles. The van der Waals surface area contributed by atoms with Gasteiger partial charge in [-0.3, -0.25) is 0 Å². The van der Waals surface area contributed by atoms with Gasteiger partial charge >= 0.3 is 0 Å². The highest BCUT2D eigenvalue weighted by molar-refractivity contribution is 6.02. The van der Waals surface area contributed by atoms with Gasteiger partial charge in [0.2, 0.25) is 0 Å². The molecule has 1 fully saturated rings. The third-order valence-corrected chi connectivity index (χ3v) is 3.49. The highest BCUT2D eigenvalue weighted by Gasteiger charge is 2.32. The Labute approximate surface area is 119 Å². The van der Waals surface area contributed by atoms with Crippen LogP contribution in [0.3, 0.4) is 0 Å². The summed E-state index contributed by atoms with van der Waals surface area (Å²) >= 11 is 0. The number of nitrogens with two attached hydrogens (primary N) is 1. The van der Waals surface area contributed by atoms with Gasteiger partial charge in [0.1, 0.15) is 5.82 Å². The van der Waals surface area contributed by atoms with E-state index in [1.807, 2.05) is 19.9 Å². The number of aryl methyl sites for hydroxylation is 2. The average molecular weight is 278 g/mol. The van der Waals surface area contributed by atoms with E-state index in [1.54, 1.807) is 7.11 Å². The van der Waals surface area contributed by atoms with Crippen LogP contribution in [0.15, 0.2) is 11.2 Å². The van der Waals surface area contributed by atoms with E-state index in [2.05, 4.69) is 15.0 Å². The molecule has 0 aliphatic heterocycles. The number of ether oxygens (including phenoxy) is 1. The van der Waals surface area contributed by atoms with Crippen molar-refractivity contribution in [3.05, 3.63) is 22.9 Å². The predicted molar refractivity (Wildman–Crippen MR) is 78.5 cm³/mol. The molecule has 1 aliphatic rings. The summed E-state index contributed by atoms with van der Waals surface area (Å²) < 4.78 is 5.18. The SMILES string of the molecule is COCCN(c1nc(C)cc(C)c1C(N)=NO)C1CC1. The van der Waals surface area contributed by atoms with Gasteiger partial charge in [-0.25, -0.2) is 4.98 Å². The minimum absolute atomic E-state index is 0.105. The largest absolute Gasteiger partial charge is 0.409 e. The van der Waals surface area contributed by atoms with E-state index < -0.39 is 0 Å². The van der Waals surface area contributed by atoms with Crippen LogP contribution in [0.1, 0.15) is 29.7 Å². The molecule has 6 heteroatoms. The van der Waals surface area contributed by atoms with Gasteiger partial charge in [0.25, 0.3) is 0 Å². The Hall–Kier alpha value is -1.82. The van der Waals surface area contributed by atoms with Crippen molar-refractivity contribution < 1.29 is 9.94 Å². The van der Waals surface area contributed by atoms with Crippen LogP contribution < -0.4 is 10.6 Å². The van der Waals surface area contributed by atoms with Crippen LogP contribution in [0, 0.1) is 13.8 Å². The van der Waals surface area contributed by atoms with Crippen molar-refractivity contribution in [3.63, 3.8) is 0 Å². The van der Waals surface area contributed by atoms with Crippen LogP contribution in [-0.4, -0.2) is 42.3 Å². The quantitative estimate of drug-likeness (QED) is 0.356. The molecule has 1 aliphatic carbocycles. The van der Waals surface area contributed by atoms with Gasteiger partial charge in [-0.15, -0.1) is 0 Å². The second-order valence-electron chi connectivity index (χ2n) is 5.18. The maximum Gasteiger partial charge on any atom is 0.174 e. The molecule has 0 saturated heterocycles. The third-order valence-electron chi connectivity index (χ3n) is 3.49. The van der Waals surface area contributed by atoms with E-state index in [1.165, 1.54) is 0 Å². The van der Waals surface area contributed by atoms with Gasteiger partial charge in [-0.05, 0) is 38.3 Å². The molecule has 0 amide bonds. The number of aromatic nitrogens is 1. The number of pyridine rings is 1. The smallest absolute Gasteiger partial charge is 0.174 e. The van der Waals surface area contributed by atoms with Crippen LogP contribution in [-0.2, 0) is 4.74 Å². The fourth-order valence-electron chi connectivity index (χ4n) is 2.43. The number of hydrogen-bond acceptors (Lipinski definition) is 5. The monoisotopic (exact) mass is 278 g/mol. The van der Waals surface area contributed by atoms with E-state index in [4.69, 9.17) is 15.7 Å². The van der Waals surface area contributed by atoms with Crippen LogP contribution in [0.4, 0.5) is 5.82 Å². The Morgan fingerprint density at radius 2 is 2.25 bits per heavy atom. The highest BCUT2D eigenvalue weighted by atomic mass is 16.5. The summed E-state index contributed by atoms with van der Waals surface area (Å²) in [6, 6.07) is 2.42. The minimum atomic E-state index is 0.105. The number of hydrogen-bond donors (Lipinski definition) is 2. The Morgan fingerprint density at radius 3 is 2.80 bits per heavy atom. The van der Waals surface area contributed by atoms with Crippen molar-refractivity contribution in [1.82, 2.24) is 4.98 Å². The van der Waals surface area contributed by atoms with Crippen molar-refractivity contribution in [1.29, 1.82) is 0 Å². The van der Waals surface area contributed by atoms with Gasteiger partial charge in [0.15, 0.2) is 5.84 Å². The Balaban J connectivity index is 2.46. The fraction of sp³-hybridized carbons (Fsp3) is 0.571. The molecule has 110 valence electrons. The Bertz CT molecular complexity index is 512. The lowest BCUT2D eigenvalue weighted by Crippen LogP contribution is -2.33. The standard InChI is InChI=1S/C14H22N4O2/c1-9-8-10(2)16-14(12(9)13(15)17-19)18(6-7-20-3)11-4-5-11/h8,11,19H,4-7H2,1-3H3,(H2,15,17). The average Bonchev–Trinajstić information content (AvgIpc) is 3.22. The zero-order chi connectivity index (χ0) is 14.7. The second kappa shape index (κ2) is 6.09. The van der Waals surface area contributed by atoms with Gasteiger partial charge in [0.05, 0.1) is 12.2 Å². The molecule has 1 saturated carbocycles. The van der Waals surface area contributed by atoms with E-state index in [0.717, 1.165) is 36.5 Å². The number of nitrogens with zero attached hydrogens (tertiary/aromatic N) is 3. The zero-order valence-corrected chi connectivity index (χ0v) is 12.3. The maximum atomic E-state index is 9.01. The minimum Gasteiger partial charge on any atom is -0.409 e. The molecule has 0 radical (unpaired) electrons. The Kier molecular flexibility index (Phi) is 4.44. The third kappa shape index (κ3) is 3.01. The lowest BCUT2D eigenvalue weighted by molar-refractivity contribution is 0.204. The summed E-state index contributed by atoms with van der Waals surface area (Å²) in [7, 11) is 1.68. The molecule has 0 atom stereocenters. The molecule has 0 bridgehead atoms. The first-order valence-corrected chi connectivity index (χ1v) is 6.80. The number of rotatable bonds is 6. The van der Waals surface area contributed by atoms with Crippen LogP contribution in [0.5, 0.6) is 0 Å². The van der Waals surface area contributed by atoms with E-state index in [-0.39, 0.29) is 5.84 Å². The van der Waals surface area contributed by atoms with Crippen molar-refractivity contribution in [2.75, 3.05) is 25.2 Å². The fourth-order valence-corrected chi connectivity index (χ4v) is 2.43. The molecule has 1 heterocycles. The maximum absolute atomic E-state index is 9.01. The lowest BCUT2D eigenvalue weighted by atomic mass is 10.1.